The molecular formula is C11H12BrClN2O2. The van der Waals surface area contributed by atoms with Crippen molar-refractivity contribution in [1.29, 1.82) is 0 Å². The highest BCUT2D eigenvalue weighted by Crippen LogP contribution is 2.30. The van der Waals surface area contributed by atoms with Crippen LogP contribution in [0.25, 0.3) is 0 Å². The molecule has 1 aromatic carbocycles. The number of rotatable bonds is 2. The van der Waals surface area contributed by atoms with Crippen molar-refractivity contribution in [3.63, 3.8) is 0 Å². The van der Waals surface area contributed by atoms with Gasteiger partial charge in [0.2, 0.25) is 0 Å². The molecule has 1 amide bonds. The molecule has 2 N–H and O–H groups in total. The van der Waals surface area contributed by atoms with Crippen LogP contribution in [0.1, 0.15) is 0 Å². The average Bonchev–Trinajstić information content (AvgIpc) is 2.36. The molecule has 0 aromatic heterocycles. The zero-order valence-corrected chi connectivity index (χ0v) is 11.3. The SMILES string of the molecule is O=C(Nc1cccc(Cl)c1Br)C1CNCCO1. The van der Waals surface area contributed by atoms with E-state index < -0.39 is 6.10 Å². The second kappa shape index (κ2) is 5.82. The standard InChI is InChI=1S/C11H12BrClN2O2/c12-10-7(13)2-1-3-8(10)15-11(16)9-6-14-4-5-17-9/h1-3,9,14H,4-6H2,(H,15,16). The quantitative estimate of drug-likeness (QED) is 0.877. The topological polar surface area (TPSA) is 50.4 Å². The van der Waals surface area contributed by atoms with Crippen molar-refractivity contribution >= 4 is 39.1 Å². The van der Waals surface area contributed by atoms with Gasteiger partial charge in [-0.2, -0.15) is 0 Å². The lowest BCUT2D eigenvalue weighted by atomic mass is 10.2. The number of nitrogens with one attached hydrogen (secondary N) is 2. The monoisotopic (exact) mass is 318 g/mol. The van der Waals surface area contributed by atoms with E-state index in [9.17, 15) is 4.79 Å². The molecule has 0 radical (unpaired) electrons. The van der Waals surface area contributed by atoms with E-state index in [1.165, 1.54) is 0 Å². The minimum Gasteiger partial charge on any atom is -0.366 e. The first-order valence-electron chi connectivity index (χ1n) is 5.25. The van der Waals surface area contributed by atoms with Gasteiger partial charge in [0.15, 0.2) is 0 Å². The maximum Gasteiger partial charge on any atom is 0.254 e. The Bertz CT molecular complexity index is 422. The number of ether oxygens (including phenoxy) is 1. The molecule has 92 valence electrons. The van der Waals surface area contributed by atoms with E-state index >= 15 is 0 Å². The van der Waals surface area contributed by atoms with Gasteiger partial charge in [-0.25, -0.2) is 0 Å². The van der Waals surface area contributed by atoms with Gasteiger partial charge >= 0.3 is 0 Å². The number of hydrogen-bond acceptors (Lipinski definition) is 3. The summed E-state index contributed by atoms with van der Waals surface area (Å²) in [6.45, 7) is 1.86. The van der Waals surface area contributed by atoms with Crippen LogP contribution >= 0.6 is 27.5 Å². The second-order valence-corrected chi connectivity index (χ2v) is 4.85. The van der Waals surface area contributed by atoms with Gasteiger partial charge in [-0.3, -0.25) is 4.79 Å². The van der Waals surface area contributed by atoms with Crippen molar-refractivity contribution in [2.45, 2.75) is 6.10 Å². The molecule has 2 rings (SSSR count). The summed E-state index contributed by atoms with van der Waals surface area (Å²) in [5.74, 6) is -0.167. The largest absolute Gasteiger partial charge is 0.366 e. The summed E-state index contributed by atoms with van der Waals surface area (Å²) in [6, 6.07) is 5.31. The molecule has 0 bridgehead atoms. The Morgan fingerprint density at radius 2 is 2.41 bits per heavy atom. The molecule has 6 heteroatoms. The highest BCUT2D eigenvalue weighted by Gasteiger charge is 2.22. The number of anilines is 1. The van der Waals surface area contributed by atoms with Crippen molar-refractivity contribution in [3.05, 3.63) is 27.7 Å². The molecule has 4 nitrogen and oxygen atoms in total. The van der Waals surface area contributed by atoms with Crippen LogP contribution in [-0.4, -0.2) is 31.7 Å². The van der Waals surface area contributed by atoms with E-state index in [1.54, 1.807) is 18.2 Å². The van der Waals surface area contributed by atoms with Gasteiger partial charge in [-0.1, -0.05) is 17.7 Å². The van der Waals surface area contributed by atoms with E-state index in [0.717, 1.165) is 6.54 Å². The smallest absolute Gasteiger partial charge is 0.254 e. The van der Waals surface area contributed by atoms with Crippen LogP contribution < -0.4 is 10.6 Å². The molecular weight excluding hydrogens is 307 g/mol. The Morgan fingerprint density at radius 3 is 3.12 bits per heavy atom. The number of carbonyl (C=O) groups is 1. The minimum atomic E-state index is -0.449. The Hall–Kier alpha value is -0.620. The fourth-order valence-electron chi connectivity index (χ4n) is 1.55. The van der Waals surface area contributed by atoms with E-state index in [0.29, 0.717) is 28.3 Å². The molecule has 0 saturated carbocycles. The fourth-order valence-corrected chi connectivity index (χ4v) is 2.09. The van der Waals surface area contributed by atoms with E-state index in [-0.39, 0.29) is 5.91 Å². The molecule has 1 aliphatic rings. The van der Waals surface area contributed by atoms with Crippen molar-refractivity contribution < 1.29 is 9.53 Å². The molecule has 1 fully saturated rings. The van der Waals surface area contributed by atoms with Crippen molar-refractivity contribution in [1.82, 2.24) is 5.32 Å². The predicted octanol–water partition coefficient (Wildman–Crippen LogP) is 2.03. The Morgan fingerprint density at radius 1 is 1.59 bits per heavy atom. The van der Waals surface area contributed by atoms with Gasteiger partial charge in [0.05, 0.1) is 21.8 Å². The Balaban J connectivity index is 2.04. The number of amides is 1. The van der Waals surface area contributed by atoms with Gasteiger partial charge in [0.1, 0.15) is 6.10 Å². The first kappa shape index (κ1) is 12.8. The number of hydrogen-bond donors (Lipinski definition) is 2. The van der Waals surface area contributed by atoms with Crippen LogP contribution in [0.2, 0.25) is 5.02 Å². The third-order valence-corrected chi connectivity index (χ3v) is 3.83. The maximum atomic E-state index is 11.9. The third-order valence-electron chi connectivity index (χ3n) is 2.43. The minimum absolute atomic E-state index is 0.167. The summed E-state index contributed by atoms with van der Waals surface area (Å²) in [5, 5.41) is 6.45. The van der Waals surface area contributed by atoms with E-state index in [4.69, 9.17) is 16.3 Å². The Kier molecular flexibility index (Phi) is 4.39. The van der Waals surface area contributed by atoms with Crippen molar-refractivity contribution in [3.8, 4) is 0 Å². The molecule has 0 aliphatic carbocycles. The summed E-state index contributed by atoms with van der Waals surface area (Å²) in [4.78, 5) is 11.9. The van der Waals surface area contributed by atoms with Crippen LogP contribution in [0.15, 0.2) is 22.7 Å². The summed E-state index contributed by atoms with van der Waals surface area (Å²) in [7, 11) is 0. The summed E-state index contributed by atoms with van der Waals surface area (Å²) >= 11 is 9.27. The van der Waals surface area contributed by atoms with Gasteiger partial charge in [-0.05, 0) is 28.1 Å². The van der Waals surface area contributed by atoms with Gasteiger partial charge in [0, 0.05) is 13.1 Å². The number of halogens is 2. The number of morpholine rings is 1. The third kappa shape index (κ3) is 3.19. The number of benzene rings is 1. The lowest BCUT2D eigenvalue weighted by Gasteiger charge is -2.23. The van der Waals surface area contributed by atoms with Crippen LogP contribution in [0.4, 0.5) is 5.69 Å². The summed E-state index contributed by atoms with van der Waals surface area (Å²) in [5.41, 5.74) is 0.650. The lowest BCUT2D eigenvalue weighted by Crippen LogP contribution is -2.45. The van der Waals surface area contributed by atoms with Crippen molar-refractivity contribution in [2.75, 3.05) is 25.0 Å². The highest BCUT2D eigenvalue weighted by molar-refractivity contribution is 9.10. The van der Waals surface area contributed by atoms with E-state index in [1.807, 2.05) is 0 Å². The lowest BCUT2D eigenvalue weighted by molar-refractivity contribution is -0.128. The Labute approximate surface area is 113 Å². The molecule has 1 heterocycles. The fraction of sp³-hybridized carbons (Fsp3) is 0.364. The summed E-state index contributed by atoms with van der Waals surface area (Å²) < 4.78 is 6.04. The highest BCUT2D eigenvalue weighted by atomic mass is 79.9. The van der Waals surface area contributed by atoms with Crippen molar-refractivity contribution in [2.24, 2.45) is 0 Å². The van der Waals surface area contributed by atoms with Crippen LogP contribution in [-0.2, 0) is 9.53 Å². The maximum absolute atomic E-state index is 11.9. The first-order chi connectivity index (χ1) is 8.18. The van der Waals surface area contributed by atoms with E-state index in [2.05, 4.69) is 26.6 Å². The van der Waals surface area contributed by atoms with Crippen LogP contribution in [0.3, 0.4) is 0 Å². The molecule has 1 aliphatic heterocycles. The molecule has 0 spiro atoms. The molecule has 1 saturated heterocycles. The molecule has 1 aromatic rings. The molecule has 17 heavy (non-hydrogen) atoms. The molecule has 1 unspecified atom stereocenters. The zero-order chi connectivity index (χ0) is 12.3. The normalized spacial score (nSPS) is 20.0. The summed E-state index contributed by atoms with van der Waals surface area (Å²) in [6.07, 6.45) is -0.449. The van der Waals surface area contributed by atoms with Gasteiger partial charge in [0.25, 0.3) is 5.91 Å². The second-order valence-electron chi connectivity index (χ2n) is 3.65. The van der Waals surface area contributed by atoms with Gasteiger partial charge in [-0.15, -0.1) is 0 Å². The molecule has 1 atom stereocenters. The first-order valence-corrected chi connectivity index (χ1v) is 6.43. The van der Waals surface area contributed by atoms with Crippen LogP contribution in [0, 0.1) is 0 Å². The predicted molar refractivity (Wildman–Crippen MR) is 70.4 cm³/mol. The zero-order valence-electron chi connectivity index (χ0n) is 9.00. The van der Waals surface area contributed by atoms with Crippen LogP contribution in [0.5, 0.6) is 0 Å². The average molecular weight is 320 g/mol. The number of carbonyl (C=O) groups excluding carboxylic acids is 1. The van der Waals surface area contributed by atoms with Gasteiger partial charge < -0.3 is 15.4 Å².